The number of para-hydroxylation sites is 2. The van der Waals surface area contributed by atoms with Crippen molar-refractivity contribution in [3.8, 4) is 5.69 Å². The van der Waals surface area contributed by atoms with Gasteiger partial charge in [0, 0.05) is 18.8 Å². The Kier molecular flexibility index (Phi) is 4.69. The number of hydrogen-bond donors (Lipinski definition) is 2. The van der Waals surface area contributed by atoms with Crippen molar-refractivity contribution in [2.75, 3.05) is 11.9 Å². The molecule has 0 bridgehead atoms. The third kappa shape index (κ3) is 3.66. The number of amides is 1. The molecule has 3 N–H and O–H groups in total. The summed E-state index contributed by atoms with van der Waals surface area (Å²) in [4.78, 5) is 15.8. The van der Waals surface area contributed by atoms with Gasteiger partial charge in [-0.15, -0.1) is 0 Å². The van der Waals surface area contributed by atoms with Crippen LogP contribution in [0.1, 0.15) is 19.3 Å². The van der Waals surface area contributed by atoms with E-state index in [0.717, 1.165) is 24.2 Å². The number of benzene rings is 1. The van der Waals surface area contributed by atoms with E-state index < -0.39 is 0 Å². The Hall–Kier alpha value is -2.14. The van der Waals surface area contributed by atoms with Crippen LogP contribution in [0.4, 0.5) is 5.69 Å². The molecular formula is C14H18N4O. The maximum Gasteiger partial charge on any atom is 0.224 e. The Labute approximate surface area is 112 Å². The third-order valence-electron chi connectivity index (χ3n) is 2.82. The lowest BCUT2D eigenvalue weighted by molar-refractivity contribution is -0.116. The summed E-state index contributed by atoms with van der Waals surface area (Å²) in [5, 5.41) is 2.93. The van der Waals surface area contributed by atoms with Gasteiger partial charge in [0.05, 0.1) is 17.7 Å². The van der Waals surface area contributed by atoms with Gasteiger partial charge in [0.2, 0.25) is 5.91 Å². The average Bonchev–Trinajstić information content (AvgIpc) is 2.93. The molecule has 0 radical (unpaired) electrons. The van der Waals surface area contributed by atoms with E-state index >= 15 is 0 Å². The summed E-state index contributed by atoms with van der Waals surface area (Å²) < 4.78 is 1.87. The first-order chi connectivity index (χ1) is 9.31. The summed E-state index contributed by atoms with van der Waals surface area (Å²) in [6.45, 7) is 0.624. The number of aromatic nitrogens is 2. The maximum absolute atomic E-state index is 11.8. The fraction of sp³-hybridized carbons (Fsp3) is 0.286. The minimum absolute atomic E-state index is 0.0148. The van der Waals surface area contributed by atoms with Crippen LogP contribution in [-0.4, -0.2) is 22.0 Å². The highest BCUT2D eigenvalue weighted by Crippen LogP contribution is 2.19. The van der Waals surface area contributed by atoms with Crippen molar-refractivity contribution in [2.24, 2.45) is 5.73 Å². The average molecular weight is 258 g/mol. The minimum atomic E-state index is 0.0148. The zero-order valence-electron chi connectivity index (χ0n) is 10.7. The lowest BCUT2D eigenvalue weighted by atomic mass is 10.2. The van der Waals surface area contributed by atoms with Gasteiger partial charge in [0.25, 0.3) is 0 Å². The van der Waals surface area contributed by atoms with Crippen molar-refractivity contribution in [1.29, 1.82) is 0 Å². The van der Waals surface area contributed by atoms with Crippen LogP contribution in [0.15, 0.2) is 43.0 Å². The van der Waals surface area contributed by atoms with Gasteiger partial charge >= 0.3 is 0 Å². The topological polar surface area (TPSA) is 72.9 Å². The standard InChI is InChI=1S/C14H18N4O/c15-8-4-3-7-14(19)17-12-5-1-2-6-13(12)18-10-9-16-11-18/h1-2,5-6,9-11H,3-4,7-8,15H2,(H,17,19). The summed E-state index contributed by atoms with van der Waals surface area (Å²) in [6.07, 6.45) is 7.44. The molecule has 2 rings (SSSR count). The zero-order chi connectivity index (χ0) is 13.5. The van der Waals surface area contributed by atoms with Crippen molar-refractivity contribution in [3.63, 3.8) is 0 Å². The predicted octanol–water partition coefficient (Wildman–Crippen LogP) is 1.94. The first-order valence-electron chi connectivity index (χ1n) is 6.38. The second-order valence-electron chi connectivity index (χ2n) is 4.28. The first kappa shape index (κ1) is 13.3. The Morgan fingerprint density at radius 1 is 1.32 bits per heavy atom. The molecule has 0 aliphatic carbocycles. The van der Waals surface area contributed by atoms with Crippen LogP contribution < -0.4 is 11.1 Å². The van der Waals surface area contributed by atoms with Crippen molar-refractivity contribution in [3.05, 3.63) is 43.0 Å². The zero-order valence-corrected chi connectivity index (χ0v) is 10.7. The molecule has 19 heavy (non-hydrogen) atoms. The molecule has 0 saturated heterocycles. The summed E-state index contributed by atoms with van der Waals surface area (Å²) in [5.41, 5.74) is 7.11. The molecule has 1 aromatic heterocycles. The molecule has 1 amide bonds. The number of unbranched alkanes of at least 4 members (excludes halogenated alkanes) is 1. The maximum atomic E-state index is 11.8. The summed E-state index contributed by atoms with van der Waals surface area (Å²) >= 11 is 0. The molecule has 1 heterocycles. The lowest BCUT2D eigenvalue weighted by Crippen LogP contribution is -2.13. The van der Waals surface area contributed by atoms with Crippen LogP contribution in [-0.2, 0) is 4.79 Å². The van der Waals surface area contributed by atoms with Gasteiger partial charge in [-0.25, -0.2) is 4.98 Å². The first-order valence-corrected chi connectivity index (χ1v) is 6.38. The van der Waals surface area contributed by atoms with Crippen LogP contribution in [0.2, 0.25) is 0 Å². The van der Waals surface area contributed by atoms with E-state index in [1.54, 1.807) is 12.5 Å². The summed E-state index contributed by atoms with van der Waals surface area (Å²) in [7, 11) is 0. The fourth-order valence-electron chi connectivity index (χ4n) is 1.85. The molecule has 2 aromatic rings. The van der Waals surface area contributed by atoms with Crippen molar-refractivity contribution in [1.82, 2.24) is 9.55 Å². The van der Waals surface area contributed by atoms with E-state index in [0.29, 0.717) is 13.0 Å². The predicted molar refractivity (Wildman–Crippen MR) is 75.1 cm³/mol. The molecule has 0 atom stereocenters. The number of nitrogens with one attached hydrogen (secondary N) is 1. The van der Waals surface area contributed by atoms with Gasteiger partial charge in [-0.3, -0.25) is 4.79 Å². The minimum Gasteiger partial charge on any atom is -0.330 e. The van der Waals surface area contributed by atoms with Gasteiger partial charge in [0.15, 0.2) is 0 Å². The number of carbonyl (C=O) groups is 1. The molecule has 100 valence electrons. The molecule has 0 spiro atoms. The van der Waals surface area contributed by atoms with Crippen LogP contribution in [0.5, 0.6) is 0 Å². The highest BCUT2D eigenvalue weighted by molar-refractivity contribution is 5.92. The Morgan fingerprint density at radius 2 is 2.16 bits per heavy atom. The molecule has 0 aliphatic rings. The Morgan fingerprint density at radius 3 is 2.89 bits per heavy atom. The number of nitrogens with zero attached hydrogens (tertiary/aromatic N) is 2. The fourth-order valence-corrected chi connectivity index (χ4v) is 1.85. The SMILES string of the molecule is NCCCCC(=O)Nc1ccccc1-n1ccnc1. The third-order valence-corrected chi connectivity index (χ3v) is 2.82. The van der Waals surface area contributed by atoms with Crippen LogP contribution in [0.25, 0.3) is 5.69 Å². The molecule has 5 nitrogen and oxygen atoms in total. The summed E-state index contributed by atoms with van der Waals surface area (Å²) in [5.74, 6) is 0.0148. The van der Waals surface area contributed by atoms with E-state index in [1.807, 2.05) is 35.0 Å². The molecule has 0 aliphatic heterocycles. The summed E-state index contributed by atoms with van der Waals surface area (Å²) in [6, 6.07) is 7.66. The van der Waals surface area contributed by atoms with E-state index in [9.17, 15) is 4.79 Å². The molecule has 0 fully saturated rings. The monoisotopic (exact) mass is 258 g/mol. The second-order valence-corrected chi connectivity index (χ2v) is 4.28. The van der Waals surface area contributed by atoms with Gasteiger partial charge in [0.1, 0.15) is 0 Å². The molecule has 0 saturated carbocycles. The van der Waals surface area contributed by atoms with E-state index in [-0.39, 0.29) is 5.91 Å². The van der Waals surface area contributed by atoms with Gasteiger partial charge < -0.3 is 15.6 Å². The van der Waals surface area contributed by atoms with Gasteiger partial charge in [-0.1, -0.05) is 12.1 Å². The molecule has 1 aromatic carbocycles. The largest absolute Gasteiger partial charge is 0.330 e. The number of hydrogen-bond acceptors (Lipinski definition) is 3. The number of rotatable bonds is 6. The van der Waals surface area contributed by atoms with Gasteiger partial charge in [-0.2, -0.15) is 0 Å². The van der Waals surface area contributed by atoms with E-state index in [4.69, 9.17) is 5.73 Å². The number of imidazole rings is 1. The van der Waals surface area contributed by atoms with Crippen molar-refractivity contribution < 1.29 is 4.79 Å². The highest BCUT2D eigenvalue weighted by Gasteiger charge is 2.07. The van der Waals surface area contributed by atoms with Crippen LogP contribution in [0.3, 0.4) is 0 Å². The second kappa shape index (κ2) is 6.70. The number of carbonyl (C=O) groups excluding carboxylic acids is 1. The molecule has 5 heteroatoms. The molecular weight excluding hydrogens is 240 g/mol. The number of nitrogens with two attached hydrogens (primary N) is 1. The Balaban J connectivity index is 2.06. The van der Waals surface area contributed by atoms with Crippen LogP contribution in [0, 0.1) is 0 Å². The van der Waals surface area contributed by atoms with Crippen LogP contribution >= 0.6 is 0 Å². The highest BCUT2D eigenvalue weighted by atomic mass is 16.1. The molecule has 0 unspecified atom stereocenters. The number of anilines is 1. The Bertz CT molecular complexity index is 522. The smallest absolute Gasteiger partial charge is 0.224 e. The normalized spacial score (nSPS) is 10.4. The van der Waals surface area contributed by atoms with Crippen molar-refractivity contribution in [2.45, 2.75) is 19.3 Å². The lowest BCUT2D eigenvalue weighted by Gasteiger charge is -2.11. The van der Waals surface area contributed by atoms with Gasteiger partial charge in [-0.05, 0) is 31.5 Å². The quantitative estimate of drug-likeness (QED) is 0.778. The van der Waals surface area contributed by atoms with Crippen molar-refractivity contribution >= 4 is 11.6 Å². The van der Waals surface area contributed by atoms with E-state index in [1.165, 1.54) is 0 Å². The van der Waals surface area contributed by atoms with E-state index in [2.05, 4.69) is 10.3 Å².